The van der Waals surface area contributed by atoms with Crippen LogP contribution in [0, 0.1) is 11.8 Å². The number of hydrogen-bond donors (Lipinski definition) is 1. The highest BCUT2D eigenvalue weighted by molar-refractivity contribution is 5.80. The van der Waals surface area contributed by atoms with Crippen molar-refractivity contribution in [1.29, 1.82) is 0 Å². The van der Waals surface area contributed by atoms with Gasteiger partial charge >= 0.3 is 5.97 Å². The lowest BCUT2D eigenvalue weighted by atomic mass is 9.99. The first-order valence-electron chi connectivity index (χ1n) is 6.06. The molecule has 1 amide bonds. The molecule has 1 fully saturated rings. The Morgan fingerprint density at radius 3 is 2.65 bits per heavy atom. The van der Waals surface area contributed by atoms with Crippen molar-refractivity contribution in [2.45, 2.75) is 32.7 Å². The van der Waals surface area contributed by atoms with Crippen LogP contribution in [-0.4, -0.2) is 48.2 Å². The highest BCUT2D eigenvalue weighted by Gasteiger charge is 2.39. The van der Waals surface area contributed by atoms with Crippen LogP contribution in [-0.2, 0) is 14.3 Å². The van der Waals surface area contributed by atoms with Gasteiger partial charge < -0.3 is 14.7 Å². The van der Waals surface area contributed by atoms with Crippen LogP contribution >= 0.6 is 0 Å². The number of rotatable bonds is 5. The van der Waals surface area contributed by atoms with Crippen molar-refractivity contribution in [3.8, 4) is 0 Å². The Kier molecular flexibility index (Phi) is 4.93. The van der Waals surface area contributed by atoms with Gasteiger partial charge in [0.15, 0.2) is 0 Å². The Morgan fingerprint density at radius 1 is 1.47 bits per heavy atom. The second-order valence-electron chi connectivity index (χ2n) is 4.69. The average Bonchev–Trinajstić information content (AvgIpc) is 2.76. The van der Waals surface area contributed by atoms with E-state index in [-0.39, 0.29) is 24.5 Å². The van der Waals surface area contributed by atoms with E-state index in [1.165, 1.54) is 0 Å². The standard InChI is InChI=1S/C12H21NO4/c1-4-5-8(2)11(14)13(3)10-7-17-6-9(10)12(15)16/h8-10H,4-7H2,1-3H3,(H,15,16). The number of aliphatic carboxylic acids is 1. The lowest BCUT2D eigenvalue weighted by Gasteiger charge is -2.28. The molecule has 1 saturated heterocycles. The van der Waals surface area contributed by atoms with Crippen molar-refractivity contribution in [3.63, 3.8) is 0 Å². The largest absolute Gasteiger partial charge is 0.481 e. The van der Waals surface area contributed by atoms with Gasteiger partial charge in [-0.05, 0) is 6.42 Å². The van der Waals surface area contributed by atoms with E-state index in [1.807, 2.05) is 13.8 Å². The van der Waals surface area contributed by atoms with E-state index in [0.29, 0.717) is 6.61 Å². The van der Waals surface area contributed by atoms with Crippen molar-refractivity contribution in [2.24, 2.45) is 11.8 Å². The Hall–Kier alpha value is -1.10. The summed E-state index contributed by atoms with van der Waals surface area (Å²) in [5.74, 6) is -1.54. The zero-order chi connectivity index (χ0) is 13.0. The third kappa shape index (κ3) is 3.19. The molecular formula is C12H21NO4. The highest BCUT2D eigenvalue weighted by Crippen LogP contribution is 2.21. The van der Waals surface area contributed by atoms with E-state index < -0.39 is 11.9 Å². The van der Waals surface area contributed by atoms with Gasteiger partial charge in [-0.2, -0.15) is 0 Å². The Bertz CT molecular complexity index is 292. The van der Waals surface area contributed by atoms with Gasteiger partial charge in [0, 0.05) is 13.0 Å². The molecule has 0 aromatic heterocycles. The van der Waals surface area contributed by atoms with E-state index in [4.69, 9.17) is 9.84 Å². The normalized spacial score (nSPS) is 25.6. The molecule has 3 atom stereocenters. The van der Waals surface area contributed by atoms with Crippen molar-refractivity contribution in [3.05, 3.63) is 0 Å². The molecule has 0 aromatic rings. The monoisotopic (exact) mass is 243 g/mol. The molecule has 0 bridgehead atoms. The lowest BCUT2D eigenvalue weighted by molar-refractivity contribution is -0.145. The molecule has 5 heteroatoms. The fourth-order valence-electron chi connectivity index (χ4n) is 2.23. The van der Waals surface area contributed by atoms with Gasteiger partial charge in [0.25, 0.3) is 0 Å². The maximum Gasteiger partial charge on any atom is 0.311 e. The fraction of sp³-hybridized carbons (Fsp3) is 0.833. The Balaban J connectivity index is 2.65. The van der Waals surface area contributed by atoms with Crippen molar-refractivity contribution in [1.82, 2.24) is 4.90 Å². The molecule has 17 heavy (non-hydrogen) atoms. The average molecular weight is 243 g/mol. The zero-order valence-electron chi connectivity index (χ0n) is 10.7. The topological polar surface area (TPSA) is 66.8 Å². The van der Waals surface area contributed by atoms with Crippen LogP contribution in [0.3, 0.4) is 0 Å². The first kappa shape index (κ1) is 14.0. The SMILES string of the molecule is CCCC(C)C(=O)N(C)C1COCC1C(=O)O. The second kappa shape index (κ2) is 6.00. The number of ether oxygens (including phenoxy) is 1. The Morgan fingerprint density at radius 2 is 2.12 bits per heavy atom. The molecule has 0 spiro atoms. The van der Waals surface area contributed by atoms with Crippen LogP contribution < -0.4 is 0 Å². The first-order chi connectivity index (χ1) is 7.99. The fourth-order valence-corrected chi connectivity index (χ4v) is 2.23. The summed E-state index contributed by atoms with van der Waals surface area (Å²) in [5, 5.41) is 9.04. The molecule has 98 valence electrons. The minimum absolute atomic E-state index is 0.00796. The summed E-state index contributed by atoms with van der Waals surface area (Å²) >= 11 is 0. The number of nitrogens with zero attached hydrogens (tertiary/aromatic N) is 1. The molecular weight excluding hydrogens is 222 g/mol. The summed E-state index contributed by atoms with van der Waals surface area (Å²) in [6.07, 6.45) is 1.78. The number of amides is 1. The number of likely N-dealkylation sites (N-methyl/N-ethyl adjacent to an activating group) is 1. The predicted octanol–water partition coefficient (Wildman–Crippen LogP) is 0.981. The van der Waals surface area contributed by atoms with Gasteiger partial charge in [-0.25, -0.2) is 0 Å². The third-order valence-electron chi connectivity index (χ3n) is 3.36. The van der Waals surface area contributed by atoms with Crippen LogP contribution in [0.1, 0.15) is 26.7 Å². The second-order valence-corrected chi connectivity index (χ2v) is 4.69. The summed E-state index contributed by atoms with van der Waals surface area (Å²) in [5.41, 5.74) is 0. The summed E-state index contributed by atoms with van der Waals surface area (Å²) in [6, 6.07) is -0.334. The van der Waals surface area contributed by atoms with Gasteiger partial charge in [-0.15, -0.1) is 0 Å². The number of carboxylic acid groups (broad SMARTS) is 1. The highest BCUT2D eigenvalue weighted by atomic mass is 16.5. The van der Waals surface area contributed by atoms with E-state index in [9.17, 15) is 9.59 Å². The van der Waals surface area contributed by atoms with Crippen LogP contribution in [0.25, 0.3) is 0 Å². The van der Waals surface area contributed by atoms with Crippen molar-refractivity contribution in [2.75, 3.05) is 20.3 Å². The van der Waals surface area contributed by atoms with Gasteiger partial charge in [0.1, 0.15) is 5.92 Å². The third-order valence-corrected chi connectivity index (χ3v) is 3.36. The van der Waals surface area contributed by atoms with E-state index in [0.717, 1.165) is 12.8 Å². The summed E-state index contributed by atoms with van der Waals surface area (Å²) in [7, 11) is 1.67. The number of carboxylic acids is 1. The molecule has 1 heterocycles. The maximum absolute atomic E-state index is 12.1. The number of carbonyl (C=O) groups excluding carboxylic acids is 1. The molecule has 0 radical (unpaired) electrons. The van der Waals surface area contributed by atoms with Crippen LogP contribution in [0.5, 0.6) is 0 Å². The molecule has 1 rings (SSSR count). The summed E-state index contributed by atoms with van der Waals surface area (Å²) in [6.45, 7) is 4.42. The van der Waals surface area contributed by atoms with E-state index in [2.05, 4.69) is 0 Å². The van der Waals surface area contributed by atoms with Crippen molar-refractivity contribution >= 4 is 11.9 Å². The smallest absolute Gasteiger partial charge is 0.311 e. The first-order valence-corrected chi connectivity index (χ1v) is 6.06. The predicted molar refractivity (Wildman–Crippen MR) is 62.6 cm³/mol. The Labute approximate surface area is 102 Å². The molecule has 1 aliphatic rings. The van der Waals surface area contributed by atoms with Crippen LogP contribution in [0.4, 0.5) is 0 Å². The number of carbonyl (C=O) groups is 2. The summed E-state index contributed by atoms with van der Waals surface area (Å²) in [4.78, 5) is 24.6. The number of hydrogen-bond acceptors (Lipinski definition) is 3. The molecule has 1 N–H and O–H groups in total. The van der Waals surface area contributed by atoms with Gasteiger partial charge in [0.05, 0.1) is 19.3 Å². The van der Waals surface area contributed by atoms with E-state index in [1.54, 1.807) is 11.9 Å². The zero-order valence-corrected chi connectivity index (χ0v) is 10.7. The van der Waals surface area contributed by atoms with Crippen molar-refractivity contribution < 1.29 is 19.4 Å². The van der Waals surface area contributed by atoms with Gasteiger partial charge in [0.2, 0.25) is 5.91 Å². The molecule has 0 saturated carbocycles. The molecule has 3 unspecified atom stereocenters. The molecule has 1 aliphatic heterocycles. The van der Waals surface area contributed by atoms with Crippen LogP contribution in [0.2, 0.25) is 0 Å². The minimum atomic E-state index is -0.893. The van der Waals surface area contributed by atoms with E-state index >= 15 is 0 Å². The quantitative estimate of drug-likeness (QED) is 0.781. The lowest BCUT2D eigenvalue weighted by Crippen LogP contribution is -2.46. The molecule has 0 aliphatic carbocycles. The van der Waals surface area contributed by atoms with Gasteiger partial charge in [-0.3, -0.25) is 9.59 Å². The minimum Gasteiger partial charge on any atom is -0.481 e. The maximum atomic E-state index is 12.1. The van der Waals surface area contributed by atoms with Crippen LogP contribution in [0.15, 0.2) is 0 Å². The summed E-state index contributed by atoms with van der Waals surface area (Å²) < 4.78 is 5.17. The van der Waals surface area contributed by atoms with Gasteiger partial charge in [-0.1, -0.05) is 20.3 Å². The molecule has 5 nitrogen and oxygen atoms in total. The molecule has 0 aromatic carbocycles.